The average Bonchev–Trinajstić information content (AvgIpc) is 2.15. The zero-order valence-corrected chi connectivity index (χ0v) is 7.90. The van der Waals surface area contributed by atoms with Gasteiger partial charge in [0, 0.05) is 6.07 Å². The van der Waals surface area contributed by atoms with Crippen LogP contribution in [0.25, 0.3) is 0 Å². The van der Waals surface area contributed by atoms with Crippen LogP contribution in [-0.2, 0) is 6.18 Å². The maximum atomic E-state index is 13.1. The van der Waals surface area contributed by atoms with Crippen LogP contribution in [0.3, 0.4) is 0 Å². The van der Waals surface area contributed by atoms with E-state index in [1.54, 1.807) is 0 Å². The van der Waals surface area contributed by atoms with Gasteiger partial charge in [0.05, 0.1) is 10.5 Å². The van der Waals surface area contributed by atoms with Crippen molar-refractivity contribution in [1.29, 1.82) is 0 Å². The van der Waals surface area contributed by atoms with E-state index in [-0.39, 0.29) is 6.07 Å². The summed E-state index contributed by atoms with van der Waals surface area (Å²) in [6.45, 7) is 0. The van der Waals surface area contributed by atoms with Gasteiger partial charge in [-0.3, -0.25) is 10.1 Å². The fraction of sp³-hybridized carbons (Fsp3) is 0.143. The molecular weight excluding hydrogens is 249 g/mol. The lowest BCUT2D eigenvalue weighted by Crippen LogP contribution is -2.32. The van der Waals surface area contributed by atoms with E-state index >= 15 is 0 Å². The summed E-state index contributed by atoms with van der Waals surface area (Å²) >= 11 is 0. The highest BCUT2D eigenvalue weighted by Gasteiger charge is 2.39. The van der Waals surface area contributed by atoms with Gasteiger partial charge in [-0.15, -0.1) is 0 Å². The first-order valence-electron chi connectivity index (χ1n) is 4.05. The minimum Gasteiger partial charge on any atom is -0.423 e. The van der Waals surface area contributed by atoms with Crippen molar-refractivity contribution in [2.75, 3.05) is 0 Å². The van der Waals surface area contributed by atoms with Crippen LogP contribution >= 0.6 is 0 Å². The number of hydrogen-bond donors (Lipinski definition) is 2. The maximum Gasteiger partial charge on any atom is 0.488 e. The summed E-state index contributed by atoms with van der Waals surface area (Å²) in [4.78, 5) is 8.93. The third-order valence-corrected chi connectivity index (χ3v) is 1.88. The Morgan fingerprint density at radius 2 is 1.82 bits per heavy atom. The molecule has 0 bridgehead atoms. The number of benzene rings is 1. The Labute approximate surface area is 91.6 Å². The fourth-order valence-electron chi connectivity index (χ4n) is 1.12. The summed E-state index contributed by atoms with van der Waals surface area (Å²) in [6.07, 6.45) is -5.17. The van der Waals surface area contributed by atoms with Gasteiger partial charge < -0.3 is 10.0 Å². The molecule has 1 aromatic carbocycles. The van der Waals surface area contributed by atoms with Crippen molar-refractivity contribution in [3.63, 3.8) is 0 Å². The first-order valence-corrected chi connectivity index (χ1v) is 4.05. The van der Waals surface area contributed by atoms with Crippen LogP contribution in [0.5, 0.6) is 0 Å². The summed E-state index contributed by atoms with van der Waals surface area (Å²) in [6, 6.07) is 0.433. The molecule has 0 aliphatic carbocycles. The van der Waals surface area contributed by atoms with E-state index in [0.717, 1.165) is 0 Å². The Morgan fingerprint density at radius 3 is 2.18 bits per heavy atom. The Hall–Kier alpha value is -1.68. The molecule has 17 heavy (non-hydrogen) atoms. The number of rotatable bonds is 2. The Morgan fingerprint density at radius 1 is 1.29 bits per heavy atom. The second-order valence-corrected chi connectivity index (χ2v) is 3.03. The number of nitrogens with zero attached hydrogens (tertiary/aromatic N) is 1. The third-order valence-electron chi connectivity index (χ3n) is 1.88. The van der Waals surface area contributed by atoms with Gasteiger partial charge in [-0.1, -0.05) is 0 Å². The molecule has 0 atom stereocenters. The van der Waals surface area contributed by atoms with E-state index in [0.29, 0.717) is 6.07 Å². The van der Waals surface area contributed by atoms with Crippen molar-refractivity contribution in [2.24, 2.45) is 0 Å². The fourth-order valence-corrected chi connectivity index (χ4v) is 1.12. The lowest BCUT2D eigenvalue weighted by molar-refractivity contribution is -0.387. The zero-order chi connectivity index (χ0) is 13.4. The molecular formula is C7H4BF4NO4. The lowest BCUT2D eigenvalue weighted by atomic mass is 9.79. The van der Waals surface area contributed by atoms with Crippen molar-refractivity contribution in [1.82, 2.24) is 0 Å². The molecule has 5 nitrogen and oxygen atoms in total. The van der Waals surface area contributed by atoms with Gasteiger partial charge >= 0.3 is 19.0 Å². The van der Waals surface area contributed by atoms with Crippen LogP contribution in [-0.4, -0.2) is 22.1 Å². The van der Waals surface area contributed by atoms with E-state index in [1.807, 2.05) is 0 Å². The maximum absolute atomic E-state index is 13.1. The molecule has 0 aliphatic heterocycles. The van der Waals surface area contributed by atoms with Crippen molar-refractivity contribution in [3.8, 4) is 0 Å². The molecule has 0 aromatic heterocycles. The molecule has 0 fully saturated rings. The first-order chi connectivity index (χ1) is 7.64. The van der Waals surface area contributed by atoms with Crippen LogP contribution in [0.1, 0.15) is 5.56 Å². The predicted octanol–water partition coefficient (Wildman–Crippen LogP) is 0.432. The summed E-state index contributed by atoms with van der Waals surface area (Å²) in [5.41, 5.74) is -4.21. The monoisotopic (exact) mass is 253 g/mol. The van der Waals surface area contributed by atoms with Crippen molar-refractivity contribution in [2.45, 2.75) is 6.18 Å². The molecule has 0 saturated carbocycles. The quantitative estimate of drug-likeness (QED) is 0.346. The number of alkyl halides is 3. The molecule has 0 heterocycles. The Bertz CT molecular complexity index is 462. The SMILES string of the molecule is O=[N+]([O-])c1cc(B(O)O)cc(C(F)(F)F)c1F. The van der Waals surface area contributed by atoms with Gasteiger partial charge in [-0.2, -0.15) is 17.6 Å². The summed E-state index contributed by atoms with van der Waals surface area (Å²) < 4.78 is 50.1. The van der Waals surface area contributed by atoms with Gasteiger partial charge in [-0.25, -0.2) is 0 Å². The normalized spacial score (nSPS) is 11.4. The number of halogens is 4. The molecule has 10 heteroatoms. The van der Waals surface area contributed by atoms with Crippen molar-refractivity contribution in [3.05, 3.63) is 33.6 Å². The van der Waals surface area contributed by atoms with E-state index in [4.69, 9.17) is 10.0 Å². The van der Waals surface area contributed by atoms with Crippen LogP contribution < -0.4 is 5.46 Å². The highest BCUT2D eigenvalue weighted by molar-refractivity contribution is 6.58. The summed E-state index contributed by atoms with van der Waals surface area (Å²) in [5.74, 6) is -2.06. The van der Waals surface area contributed by atoms with Crippen LogP contribution in [0, 0.1) is 15.9 Å². The van der Waals surface area contributed by atoms with Crippen molar-refractivity contribution < 1.29 is 32.5 Å². The molecule has 2 N–H and O–H groups in total. The molecule has 0 spiro atoms. The first kappa shape index (κ1) is 13.4. The molecule has 1 aromatic rings. The van der Waals surface area contributed by atoms with Gasteiger partial charge in [0.1, 0.15) is 0 Å². The average molecular weight is 253 g/mol. The minimum atomic E-state index is -5.17. The topological polar surface area (TPSA) is 83.6 Å². The van der Waals surface area contributed by atoms with Gasteiger partial charge in [0.25, 0.3) is 0 Å². The predicted molar refractivity (Wildman–Crippen MR) is 47.9 cm³/mol. The van der Waals surface area contributed by atoms with E-state index in [2.05, 4.69) is 0 Å². The molecule has 1 rings (SSSR count). The molecule has 92 valence electrons. The van der Waals surface area contributed by atoms with Crippen LogP contribution in [0.15, 0.2) is 12.1 Å². The van der Waals surface area contributed by atoms with Crippen molar-refractivity contribution >= 4 is 18.3 Å². The van der Waals surface area contributed by atoms with Crippen LogP contribution in [0.4, 0.5) is 23.2 Å². The second kappa shape index (κ2) is 4.30. The van der Waals surface area contributed by atoms with E-state index < -0.39 is 40.7 Å². The highest BCUT2D eigenvalue weighted by Crippen LogP contribution is 2.34. The molecule has 0 amide bonds. The van der Waals surface area contributed by atoms with Crippen LogP contribution in [0.2, 0.25) is 0 Å². The molecule has 0 unspecified atom stereocenters. The number of hydrogen-bond acceptors (Lipinski definition) is 4. The number of nitro groups is 1. The highest BCUT2D eigenvalue weighted by atomic mass is 19.4. The zero-order valence-electron chi connectivity index (χ0n) is 7.90. The Balaban J connectivity index is 3.55. The molecule has 0 radical (unpaired) electrons. The minimum absolute atomic E-state index is 0.104. The van der Waals surface area contributed by atoms with E-state index in [1.165, 1.54) is 0 Å². The number of nitro benzene ring substituents is 1. The second-order valence-electron chi connectivity index (χ2n) is 3.03. The lowest BCUT2D eigenvalue weighted by Gasteiger charge is -2.10. The molecule has 0 saturated heterocycles. The summed E-state index contributed by atoms with van der Waals surface area (Å²) in [5, 5.41) is 27.6. The largest absolute Gasteiger partial charge is 0.488 e. The standard InChI is InChI=1S/C7H4BF4NO4/c9-6-4(7(10,11)12)1-3(8(14)15)2-5(6)13(16)17/h1-2,14-15H. The smallest absolute Gasteiger partial charge is 0.423 e. The molecule has 0 aliphatic rings. The summed E-state index contributed by atoms with van der Waals surface area (Å²) in [7, 11) is -2.37. The van der Waals surface area contributed by atoms with Gasteiger partial charge in [0.2, 0.25) is 5.82 Å². The van der Waals surface area contributed by atoms with E-state index in [9.17, 15) is 27.7 Å². The van der Waals surface area contributed by atoms with Gasteiger partial charge in [0.15, 0.2) is 0 Å². The third kappa shape index (κ3) is 2.71. The Kier molecular flexibility index (Phi) is 3.39. The van der Waals surface area contributed by atoms with Gasteiger partial charge in [-0.05, 0) is 11.5 Å².